The predicted octanol–water partition coefficient (Wildman–Crippen LogP) is 2.46. The Hall–Kier alpha value is -0.830. The Morgan fingerprint density at radius 1 is 1.46 bits per heavy atom. The van der Waals surface area contributed by atoms with E-state index >= 15 is 0 Å². The summed E-state index contributed by atoms with van der Waals surface area (Å²) in [6.45, 7) is 7.16. The third kappa shape index (κ3) is 4.08. The first-order valence-electron chi connectivity index (χ1n) is 4.26. The van der Waals surface area contributed by atoms with Crippen molar-refractivity contribution in [3.8, 4) is 0 Å². The lowest BCUT2D eigenvalue weighted by Crippen LogP contribution is -2.06. The minimum absolute atomic E-state index is 0.183. The maximum absolute atomic E-state index is 11.5. The fourth-order valence-corrected chi connectivity index (χ4v) is 2.19. The van der Waals surface area contributed by atoms with E-state index in [4.69, 9.17) is 0 Å². The van der Waals surface area contributed by atoms with Crippen molar-refractivity contribution in [3.05, 3.63) is 35.8 Å². The third-order valence-electron chi connectivity index (χ3n) is 1.49. The number of sulfone groups is 1. The van der Waals surface area contributed by atoms with Gasteiger partial charge in [-0.05, 0) is 19.4 Å². The van der Waals surface area contributed by atoms with Crippen LogP contribution in [0.4, 0.5) is 0 Å². The molecule has 0 unspecified atom stereocenters. The lowest BCUT2D eigenvalue weighted by Gasteiger charge is -2.01. The van der Waals surface area contributed by atoms with Crippen LogP contribution in [-0.4, -0.2) is 14.2 Å². The highest BCUT2D eigenvalue weighted by Crippen LogP contribution is 2.09. The van der Waals surface area contributed by atoms with Crippen molar-refractivity contribution in [3.63, 3.8) is 0 Å². The molecule has 0 bridgehead atoms. The van der Waals surface area contributed by atoms with E-state index in [1.807, 2.05) is 13.8 Å². The van der Waals surface area contributed by atoms with Crippen LogP contribution in [0.25, 0.3) is 0 Å². The van der Waals surface area contributed by atoms with Crippen LogP contribution in [-0.2, 0) is 9.84 Å². The SMILES string of the molecule is C=C/C(=C\C=C/C)S(=O)(=O)CCC. The third-order valence-corrected chi connectivity index (χ3v) is 3.45. The highest BCUT2D eigenvalue weighted by Gasteiger charge is 2.12. The van der Waals surface area contributed by atoms with Gasteiger partial charge in [0.25, 0.3) is 0 Å². The molecule has 0 aliphatic rings. The van der Waals surface area contributed by atoms with Crippen LogP contribution < -0.4 is 0 Å². The molecule has 2 nitrogen and oxygen atoms in total. The Morgan fingerprint density at radius 2 is 2.08 bits per heavy atom. The molecule has 0 fully saturated rings. The molecule has 0 aromatic heterocycles. The Morgan fingerprint density at radius 3 is 2.46 bits per heavy atom. The monoisotopic (exact) mass is 200 g/mol. The highest BCUT2D eigenvalue weighted by atomic mass is 32.2. The summed E-state index contributed by atoms with van der Waals surface area (Å²) in [4.78, 5) is 0.299. The summed E-state index contributed by atoms with van der Waals surface area (Å²) in [6, 6.07) is 0. The van der Waals surface area contributed by atoms with E-state index in [1.165, 1.54) is 6.08 Å². The largest absolute Gasteiger partial charge is 0.224 e. The highest BCUT2D eigenvalue weighted by molar-refractivity contribution is 7.95. The minimum Gasteiger partial charge on any atom is -0.224 e. The molecular formula is C10H16O2S. The van der Waals surface area contributed by atoms with Gasteiger partial charge in [-0.1, -0.05) is 31.7 Å². The summed E-state index contributed by atoms with van der Waals surface area (Å²) in [5.41, 5.74) is 0. The van der Waals surface area contributed by atoms with E-state index in [1.54, 1.807) is 18.2 Å². The van der Waals surface area contributed by atoms with Gasteiger partial charge in [0.05, 0.1) is 10.7 Å². The van der Waals surface area contributed by atoms with Crippen molar-refractivity contribution in [2.75, 3.05) is 5.75 Å². The van der Waals surface area contributed by atoms with Crippen molar-refractivity contribution < 1.29 is 8.42 Å². The van der Waals surface area contributed by atoms with Gasteiger partial charge in [0.15, 0.2) is 9.84 Å². The molecule has 0 atom stereocenters. The zero-order valence-corrected chi connectivity index (χ0v) is 8.97. The molecule has 3 heteroatoms. The molecule has 0 aliphatic heterocycles. The van der Waals surface area contributed by atoms with Crippen LogP contribution >= 0.6 is 0 Å². The van der Waals surface area contributed by atoms with E-state index in [9.17, 15) is 8.42 Å². The number of rotatable bonds is 5. The van der Waals surface area contributed by atoms with Gasteiger partial charge in [-0.2, -0.15) is 0 Å². The molecule has 0 radical (unpaired) electrons. The lowest BCUT2D eigenvalue weighted by atomic mass is 10.4. The normalized spacial score (nSPS) is 13.5. The molecule has 0 aromatic rings. The molecule has 0 heterocycles. The van der Waals surface area contributed by atoms with Gasteiger partial charge in [-0.15, -0.1) is 0 Å². The topological polar surface area (TPSA) is 34.1 Å². The molecule has 0 saturated carbocycles. The van der Waals surface area contributed by atoms with E-state index in [0.717, 1.165) is 0 Å². The van der Waals surface area contributed by atoms with Gasteiger partial charge in [0.1, 0.15) is 0 Å². The second-order valence-corrected chi connectivity index (χ2v) is 4.73. The number of hydrogen-bond donors (Lipinski definition) is 0. The summed E-state index contributed by atoms with van der Waals surface area (Å²) in [7, 11) is -3.10. The van der Waals surface area contributed by atoms with Gasteiger partial charge in [-0.3, -0.25) is 0 Å². The Kier molecular flexibility index (Phi) is 5.39. The van der Waals surface area contributed by atoms with E-state index in [2.05, 4.69) is 6.58 Å². The maximum Gasteiger partial charge on any atom is 0.178 e. The van der Waals surface area contributed by atoms with Crippen LogP contribution in [0.5, 0.6) is 0 Å². The molecule has 13 heavy (non-hydrogen) atoms. The zero-order chi connectivity index (χ0) is 10.3. The van der Waals surface area contributed by atoms with Gasteiger partial charge >= 0.3 is 0 Å². The van der Waals surface area contributed by atoms with Crippen LogP contribution in [0.2, 0.25) is 0 Å². The summed E-state index contributed by atoms with van der Waals surface area (Å²) in [6.07, 6.45) is 7.06. The smallest absolute Gasteiger partial charge is 0.178 e. The van der Waals surface area contributed by atoms with Crippen molar-refractivity contribution in [1.29, 1.82) is 0 Å². The molecular weight excluding hydrogens is 184 g/mol. The van der Waals surface area contributed by atoms with E-state index in [-0.39, 0.29) is 5.75 Å². The first-order valence-corrected chi connectivity index (χ1v) is 5.92. The van der Waals surface area contributed by atoms with Crippen molar-refractivity contribution in [2.24, 2.45) is 0 Å². The van der Waals surface area contributed by atoms with E-state index < -0.39 is 9.84 Å². The van der Waals surface area contributed by atoms with Crippen molar-refractivity contribution in [2.45, 2.75) is 20.3 Å². The molecule has 0 rings (SSSR count). The van der Waals surface area contributed by atoms with Crippen LogP contribution in [0.1, 0.15) is 20.3 Å². The van der Waals surface area contributed by atoms with Gasteiger partial charge in [0, 0.05) is 0 Å². The van der Waals surface area contributed by atoms with Crippen LogP contribution in [0.3, 0.4) is 0 Å². The first-order chi connectivity index (χ1) is 6.08. The molecule has 0 saturated heterocycles. The summed E-state index contributed by atoms with van der Waals surface area (Å²) in [5.74, 6) is 0.183. The summed E-state index contributed by atoms with van der Waals surface area (Å²) < 4.78 is 23.0. The molecule has 0 aliphatic carbocycles. The predicted molar refractivity (Wildman–Crippen MR) is 57.2 cm³/mol. The van der Waals surface area contributed by atoms with Gasteiger partial charge < -0.3 is 0 Å². The maximum atomic E-state index is 11.5. The average Bonchev–Trinajstić information content (AvgIpc) is 2.05. The Bertz CT molecular complexity index is 308. The molecule has 0 N–H and O–H groups in total. The minimum atomic E-state index is -3.10. The molecule has 74 valence electrons. The zero-order valence-electron chi connectivity index (χ0n) is 8.16. The quantitative estimate of drug-likeness (QED) is 0.639. The van der Waals surface area contributed by atoms with E-state index in [0.29, 0.717) is 11.3 Å². The van der Waals surface area contributed by atoms with Crippen LogP contribution in [0, 0.1) is 0 Å². The Balaban J connectivity index is 4.88. The van der Waals surface area contributed by atoms with Crippen molar-refractivity contribution >= 4 is 9.84 Å². The lowest BCUT2D eigenvalue weighted by molar-refractivity contribution is 0.601. The van der Waals surface area contributed by atoms with Gasteiger partial charge in [0.2, 0.25) is 0 Å². The van der Waals surface area contributed by atoms with Crippen LogP contribution in [0.15, 0.2) is 35.8 Å². The first kappa shape index (κ1) is 12.2. The Labute approximate surface area is 80.6 Å². The molecule has 0 amide bonds. The fourth-order valence-electron chi connectivity index (χ4n) is 0.876. The fraction of sp³-hybridized carbons (Fsp3) is 0.400. The number of hydrogen-bond acceptors (Lipinski definition) is 2. The standard InChI is InChI=1S/C10H16O2S/c1-4-7-8-10(6-3)13(11,12)9-5-2/h4,6-8H,3,5,9H2,1-2H3/b7-4-,10-8+. The summed E-state index contributed by atoms with van der Waals surface area (Å²) in [5, 5.41) is 0. The second-order valence-electron chi connectivity index (χ2n) is 2.62. The number of allylic oxidation sites excluding steroid dienone is 4. The van der Waals surface area contributed by atoms with Crippen molar-refractivity contribution in [1.82, 2.24) is 0 Å². The molecule has 0 spiro atoms. The average molecular weight is 200 g/mol. The van der Waals surface area contributed by atoms with Gasteiger partial charge in [-0.25, -0.2) is 8.42 Å². The molecule has 0 aromatic carbocycles. The summed E-state index contributed by atoms with van der Waals surface area (Å²) >= 11 is 0. The second kappa shape index (κ2) is 5.75.